The Bertz CT molecular complexity index is 659. The van der Waals surface area contributed by atoms with Gasteiger partial charge in [0.1, 0.15) is 0 Å². The van der Waals surface area contributed by atoms with Crippen molar-refractivity contribution in [1.82, 2.24) is 5.32 Å². The maximum Gasteiger partial charge on any atom is 0.251 e. The average Bonchev–Trinajstić information content (AvgIpc) is 2.52. The summed E-state index contributed by atoms with van der Waals surface area (Å²) in [6, 6.07) is 16.1. The fourth-order valence-corrected chi connectivity index (χ4v) is 2.28. The van der Waals surface area contributed by atoms with Crippen molar-refractivity contribution in [2.24, 2.45) is 0 Å². The lowest BCUT2D eigenvalue weighted by molar-refractivity contribution is -0.116. The third-order valence-electron chi connectivity index (χ3n) is 3.16. The van der Waals surface area contributed by atoms with Crippen LogP contribution in [0.2, 0.25) is 5.02 Å². The molecule has 4 nitrogen and oxygen atoms in total. The molecule has 114 valence electrons. The Kier molecular flexibility index (Phi) is 5.55. The molecule has 0 atom stereocenters. The van der Waals surface area contributed by atoms with E-state index in [-0.39, 0.29) is 11.8 Å². The maximum absolute atomic E-state index is 12.0. The summed E-state index contributed by atoms with van der Waals surface area (Å²) in [5, 5.41) is 3.31. The number of hydrogen-bond donors (Lipinski definition) is 1. The number of anilines is 1. The summed E-state index contributed by atoms with van der Waals surface area (Å²) >= 11 is 5.86. The van der Waals surface area contributed by atoms with E-state index in [1.807, 2.05) is 30.3 Å². The van der Waals surface area contributed by atoms with Gasteiger partial charge < -0.3 is 10.2 Å². The van der Waals surface area contributed by atoms with Gasteiger partial charge in [0.2, 0.25) is 5.91 Å². The molecule has 2 amide bonds. The van der Waals surface area contributed by atoms with Crippen LogP contribution in [0.15, 0.2) is 54.6 Å². The maximum atomic E-state index is 12.0. The van der Waals surface area contributed by atoms with Crippen LogP contribution >= 0.6 is 11.6 Å². The van der Waals surface area contributed by atoms with E-state index in [2.05, 4.69) is 5.32 Å². The number of rotatable bonds is 5. The SMILES string of the molecule is CC(=O)N(CCNC(=O)c1cccc(Cl)c1)c1ccccc1. The molecule has 2 aromatic rings. The Labute approximate surface area is 134 Å². The van der Waals surface area contributed by atoms with Gasteiger partial charge >= 0.3 is 0 Å². The molecule has 0 fully saturated rings. The highest BCUT2D eigenvalue weighted by Gasteiger charge is 2.11. The standard InChI is InChI=1S/C17H17ClN2O2/c1-13(21)20(16-8-3-2-4-9-16)11-10-19-17(22)14-6-5-7-15(18)12-14/h2-9,12H,10-11H2,1H3,(H,19,22). The van der Waals surface area contributed by atoms with Gasteiger partial charge in [-0.25, -0.2) is 0 Å². The zero-order chi connectivity index (χ0) is 15.9. The van der Waals surface area contributed by atoms with Crippen molar-refractivity contribution in [1.29, 1.82) is 0 Å². The number of nitrogens with zero attached hydrogens (tertiary/aromatic N) is 1. The van der Waals surface area contributed by atoms with Crippen LogP contribution in [-0.2, 0) is 4.79 Å². The Balaban J connectivity index is 1.94. The molecule has 0 aromatic heterocycles. The Hall–Kier alpha value is -2.33. The molecule has 5 heteroatoms. The molecule has 0 aliphatic carbocycles. The zero-order valence-electron chi connectivity index (χ0n) is 12.3. The van der Waals surface area contributed by atoms with Gasteiger partial charge in [0.05, 0.1) is 0 Å². The molecular formula is C17H17ClN2O2. The minimum Gasteiger partial charge on any atom is -0.350 e. The first-order valence-electron chi connectivity index (χ1n) is 6.95. The highest BCUT2D eigenvalue weighted by Crippen LogP contribution is 2.13. The fraction of sp³-hybridized carbons (Fsp3) is 0.176. The van der Waals surface area contributed by atoms with E-state index in [4.69, 9.17) is 11.6 Å². The molecule has 0 spiro atoms. The van der Waals surface area contributed by atoms with E-state index in [1.54, 1.807) is 29.2 Å². The molecule has 0 saturated heterocycles. The summed E-state index contributed by atoms with van der Waals surface area (Å²) in [5.41, 5.74) is 1.31. The second-order valence-electron chi connectivity index (χ2n) is 4.77. The number of nitrogens with one attached hydrogen (secondary N) is 1. The molecule has 22 heavy (non-hydrogen) atoms. The van der Waals surface area contributed by atoms with Crippen LogP contribution in [0.3, 0.4) is 0 Å². The summed E-state index contributed by atoms with van der Waals surface area (Å²) in [6.45, 7) is 2.28. The number of amides is 2. The van der Waals surface area contributed by atoms with Crippen LogP contribution in [0.4, 0.5) is 5.69 Å². The summed E-state index contributed by atoms with van der Waals surface area (Å²) in [7, 11) is 0. The van der Waals surface area contributed by atoms with Crippen LogP contribution in [0.5, 0.6) is 0 Å². The van der Waals surface area contributed by atoms with Gasteiger partial charge in [0.25, 0.3) is 5.91 Å². The van der Waals surface area contributed by atoms with Gasteiger partial charge in [-0.3, -0.25) is 9.59 Å². The van der Waals surface area contributed by atoms with Crippen LogP contribution in [0.1, 0.15) is 17.3 Å². The van der Waals surface area contributed by atoms with E-state index >= 15 is 0 Å². The lowest BCUT2D eigenvalue weighted by atomic mass is 10.2. The second-order valence-corrected chi connectivity index (χ2v) is 5.21. The molecule has 0 heterocycles. The second kappa shape index (κ2) is 7.61. The van der Waals surface area contributed by atoms with E-state index in [0.717, 1.165) is 5.69 Å². The van der Waals surface area contributed by atoms with Crippen molar-refractivity contribution in [3.8, 4) is 0 Å². The van der Waals surface area contributed by atoms with E-state index in [0.29, 0.717) is 23.7 Å². The first-order chi connectivity index (χ1) is 10.6. The minimum atomic E-state index is -0.209. The third kappa shape index (κ3) is 4.33. The van der Waals surface area contributed by atoms with Crippen LogP contribution in [0.25, 0.3) is 0 Å². The number of para-hydroxylation sites is 1. The van der Waals surface area contributed by atoms with Gasteiger partial charge in [-0.2, -0.15) is 0 Å². The first kappa shape index (κ1) is 16.0. The molecule has 1 N–H and O–H groups in total. The molecule has 0 bridgehead atoms. The van der Waals surface area contributed by atoms with E-state index in [1.165, 1.54) is 6.92 Å². The van der Waals surface area contributed by atoms with E-state index < -0.39 is 0 Å². The number of hydrogen-bond acceptors (Lipinski definition) is 2. The van der Waals surface area contributed by atoms with Gasteiger partial charge in [-0.15, -0.1) is 0 Å². The molecule has 2 rings (SSSR count). The topological polar surface area (TPSA) is 49.4 Å². The molecule has 0 saturated carbocycles. The van der Waals surface area contributed by atoms with Gasteiger partial charge in [0.15, 0.2) is 0 Å². The largest absolute Gasteiger partial charge is 0.350 e. The van der Waals surface area contributed by atoms with Crippen molar-refractivity contribution >= 4 is 29.1 Å². The summed E-state index contributed by atoms with van der Waals surface area (Å²) in [5.74, 6) is -0.276. The van der Waals surface area contributed by atoms with E-state index in [9.17, 15) is 9.59 Å². The highest BCUT2D eigenvalue weighted by molar-refractivity contribution is 6.30. The average molecular weight is 317 g/mol. The van der Waals surface area contributed by atoms with Crippen molar-refractivity contribution in [3.63, 3.8) is 0 Å². The zero-order valence-corrected chi connectivity index (χ0v) is 13.0. The normalized spacial score (nSPS) is 10.1. The Morgan fingerprint density at radius 1 is 1.09 bits per heavy atom. The quantitative estimate of drug-likeness (QED) is 0.921. The molecule has 0 aliphatic heterocycles. The minimum absolute atomic E-state index is 0.0665. The van der Waals surface area contributed by atoms with Crippen molar-refractivity contribution in [3.05, 3.63) is 65.2 Å². The molecular weight excluding hydrogens is 300 g/mol. The van der Waals surface area contributed by atoms with Crippen LogP contribution in [-0.4, -0.2) is 24.9 Å². The smallest absolute Gasteiger partial charge is 0.251 e. The molecule has 0 aliphatic rings. The third-order valence-corrected chi connectivity index (χ3v) is 3.39. The molecule has 2 aromatic carbocycles. The predicted molar refractivity (Wildman–Crippen MR) is 88.3 cm³/mol. The fourth-order valence-electron chi connectivity index (χ4n) is 2.09. The highest BCUT2D eigenvalue weighted by atomic mass is 35.5. The van der Waals surface area contributed by atoms with Crippen molar-refractivity contribution in [2.75, 3.05) is 18.0 Å². The first-order valence-corrected chi connectivity index (χ1v) is 7.32. The lowest BCUT2D eigenvalue weighted by Crippen LogP contribution is -2.37. The summed E-state index contributed by atoms with van der Waals surface area (Å²) < 4.78 is 0. The number of halogens is 1. The molecule has 0 unspecified atom stereocenters. The summed E-state index contributed by atoms with van der Waals surface area (Å²) in [6.07, 6.45) is 0. The van der Waals surface area contributed by atoms with Crippen molar-refractivity contribution in [2.45, 2.75) is 6.92 Å². The van der Waals surface area contributed by atoms with Crippen LogP contribution in [0, 0.1) is 0 Å². The Morgan fingerprint density at radius 3 is 2.45 bits per heavy atom. The van der Waals surface area contributed by atoms with Gasteiger partial charge in [-0.1, -0.05) is 35.9 Å². The molecule has 0 radical (unpaired) electrons. The van der Waals surface area contributed by atoms with Gasteiger partial charge in [-0.05, 0) is 30.3 Å². The number of carbonyl (C=O) groups excluding carboxylic acids is 2. The van der Waals surface area contributed by atoms with Gasteiger partial charge in [0, 0.05) is 36.3 Å². The lowest BCUT2D eigenvalue weighted by Gasteiger charge is -2.21. The number of carbonyl (C=O) groups is 2. The number of benzene rings is 2. The predicted octanol–water partition coefficient (Wildman–Crippen LogP) is 3.12. The Morgan fingerprint density at radius 2 is 1.82 bits per heavy atom. The van der Waals surface area contributed by atoms with Crippen molar-refractivity contribution < 1.29 is 9.59 Å². The monoisotopic (exact) mass is 316 g/mol. The van der Waals surface area contributed by atoms with Crippen LogP contribution < -0.4 is 10.2 Å². The summed E-state index contributed by atoms with van der Waals surface area (Å²) in [4.78, 5) is 25.4.